The van der Waals surface area contributed by atoms with Gasteiger partial charge in [-0.25, -0.2) is 8.42 Å². The number of carbonyl (C=O) groups excluding carboxylic acids is 2. The van der Waals surface area contributed by atoms with Gasteiger partial charge in [-0.15, -0.1) is 0 Å². The molecule has 0 saturated heterocycles. The van der Waals surface area contributed by atoms with Gasteiger partial charge >= 0.3 is 0 Å². The van der Waals surface area contributed by atoms with Crippen LogP contribution in [0.15, 0.2) is 47.4 Å². The molecule has 0 fully saturated rings. The minimum absolute atomic E-state index is 0.0671. The van der Waals surface area contributed by atoms with Crippen LogP contribution in [0.25, 0.3) is 0 Å². The summed E-state index contributed by atoms with van der Waals surface area (Å²) in [5, 5.41) is 5.31. The molecule has 0 aliphatic rings. The maximum atomic E-state index is 12.9. The van der Waals surface area contributed by atoms with E-state index >= 15 is 0 Å². The average Bonchev–Trinajstić information content (AvgIpc) is 2.60. The van der Waals surface area contributed by atoms with Crippen molar-refractivity contribution in [2.45, 2.75) is 45.6 Å². The van der Waals surface area contributed by atoms with Gasteiger partial charge in [-0.2, -0.15) is 0 Å². The molecule has 7 nitrogen and oxygen atoms in total. The third kappa shape index (κ3) is 6.05. The number of sulfonamides is 1. The molecule has 2 aromatic carbocycles. The lowest BCUT2D eigenvalue weighted by Crippen LogP contribution is -2.46. The Bertz CT molecular complexity index is 1020. The van der Waals surface area contributed by atoms with Crippen molar-refractivity contribution < 1.29 is 18.0 Å². The highest BCUT2D eigenvalue weighted by Crippen LogP contribution is 2.23. The predicted molar refractivity (Wildman–Crippen MR) is 114 cm³/mol. The highest BCUT2D eigenvalue weighted by atomic mass is 32.2. The number of hydrogen-bond acceptors (Lipinski definition) is 4. The highest BCUT2D eigenvalue weighted by molar-refractivity contribution is 7.92. The Hall–Kier alpha value is -2.87. The van der Waals surface area contributed by atoms with Crippen molar-refractivity contribution in [1.82, 2.24) is 5.32 Å². The van der Waals surface area contributed by atoms with Crippen molar-refractivity contribution in [3.63, 3.8) is 0 Å². The van der Waals surface area contributed by atoms with Crippen LogP contribution in [0.1, 0.15) is 31.9 Å². The molecule has 2 rings (SSSR count). The van der Waals surface area contributed by atoms with Gasteiger partial charge < -0.3 is 10.6 Å². The van der Waals surface area contributed by atoms with Gasteiger partial charge in [0.05, 0.1) is 4.90 Å². The maximum Gasteiger partial charge on any atom is 0.262 e. The molecule has 0 spiro atoms. The summed E-state index contributed by atoms with van der Waals surface area (Å²) >= 11 is 0. The first kappa shape index (κ1) is 22.4. The molecule has 1 atom stereocenters. The number of rotatable bonds is 7. The molecule has 156 valence electrons. The lowest BCUT2D eigenvalue weighted by Gasteiger charge is -2.21. The molecule has 0 aliphatic carbocycles. The van der Waals surface area contributed by atoms with Crippen LogP contribution in [-0.4, -0.2) is 26.3 Å². The van der Waals surface area contributed by atoms with Crippen LogP contribution in [0.4, 0.5) is 11.4 Å². The quantitative estimate of drug-likeness (QED) is 0.643. The van der Waals surface area contributed by atoms with E-state index in [0.717, 1.165) is 5.56 Å². The molecule has 8 heteroatoms. The summed E-state index contributed by atoms with van der Waals surface area (Å²) in [5.41, 5.74) is 2.27. The second kappa shape index (κ2) is 9.09. The molecule has 2 amide bonds. The molecule has 1 unspecified atom stereocenters. The van der Waals surface area contributed by atoms with Gasteiger partial charge in [-0.05, 0) is 55.2 Å². The summed E-state index contributed by atoms with van der Waals surface area (Å²) in [4.78, 5) is 24.0. The molecular formula is C21H27N3O4S. The van der Waals surface area contributed by atoms with E-state index in [1.807, 2.05) is 26.8 Å². The van der Waals surface area contributed by atoms with E-state index in [1.54, 1.807) is 37.3 Å². The summed E-state index contributed by atoms with van der Waals surface area (Å²) in [6.45, 7) is 8.54. The van der Waals surface area contributed by atoms with Crippen LogP contribution >= 0.6 is 0 Å². The zero-order chi connectivity index (χ0) is 21.8. The topological polar surface area (TPSA) is 104 Å². The number of benzene rings is 2. The Morgan fingerprint density at radius 1 is 0.966 bits per heavy atom. The van der Waals surface area contributed by atoms with Crippen molar-refractivity contribution in [3.8, 4) is 0 Å². The zero-order valence-electron chi connectivity index (χ0n) is 17.2. The molecule has 29 heavy (non-hydrogen) atoms. The second-order valence-electron chi connectivity index (χ2n) is 7.37. The molecule has 2 aromatic rings. The fourth-order valence-corrected chi connectivity index (χ4v) is 4.18. The Kier molecular flexibility index (Phi) is 7.02. The van der Waals surface area contributed by atoms with Gasteiger partial charge in [0.1, 0.15) is 6.04 Å². The number of amides is 2. The largest absolute Gasteiger partial charge is 0.344 e. The van der Waals surface area contributed by atoms with Gasteiger partial charge in [-0.3, -0.25) is 14.3 Å². The Balaban J connectivity index is 2.29. The highest BCUT2D eigenvalue weighted by Gasteiger charge is 2.24. The first-order valence-corrected chi connectivity index (χ1v) is 10.8. The van der Waals surface area contributed by atoms with E-state index in [1.165, 1.54) is 13.0 Å². The molecule has 0 aliphatic heterocycles. The van der Waals surface area contributed by atoms with E-state index in [9.17, 15) is 18.0 Å². The number of carbonyl (C=O) groups is 2. The lowest BCUT2D eigenvalue weighted by atomic mass is 10.0. The van der Waals surface area contributed by atoms with Gasteiger partial charge in [0, 0.05) is 18.3 Å². The zero-order valence-corrected chi connectivity index (χ0v) is 18.1. The van der Waals surface area contributed by atoms with Crippen molar-refractivity contribution >= 4 is 33.2 Å². The van der Waals surface area contributed by atoms with Crippen LogP contribution in [0.2, 0.25) is 0 Å². The standard InChI is InChI=1S/C21H27N3O4S/c1-13(2)20(22-16(5)25)21(26)23-17-10-9-15(4)19(12-17)29(27,28)24-18-8-6-7-14(3)11-18/h6-13,20,24H,1-5H3,(H,22,25)(H,23,26). The maximum absolute atomic E-state index is 12.9. The summed E-state index contributed by atoms with van der Waals surface area (Å²) in [6, 6.07) is 11.0. The lowest BCUT2D eigenvalue weighted by molar-refractivity contribution is -0.126. The summed E-state index contributed by atoms with van der Waals surface area (Å²) in [7, 11) is -3.85. The third-order valence-electron chi connectivity index (χ3n) is 4.32. The van der Waals surface area contributed by atoms with Gasteiger partial charge in [0.25, 0.3) is 10.0 Å². The molecule has 0 aromatic heterocycles. The summed E-state index contributed by atoms with van der Waals surface area (Å²) in [6.07, 6.45) is 0. The monoisotopic (exact) mass is 417 g/mol. The van der Waals surface area contributed by atoms with Crippen LogP contribution < -0.4 is 15.4 Å². The fraction of sp³-hybridized carbons (Fsp3) is 0.333. The van der Waals surface area contributed by atoms with Crippen LogP contribution in [0.3, 0.4) is 0 Å². The third-order valence-corrected chi connectivity index (χ3v) is 5.85. The number of nitrogens with one attached hydrogen (secondary N) is 3. The van der Waals surface area contributed by atoms with Crippen LogP contribution in [0.5, 0.6) is 0 Å². The molecule has 0 radical (unpaired) electrons. The minimum Gasteiger partial charge on any atom is -0.344 e. The normalized spacial score (nSPS) is 12.3. The molecule has 0 saturated carbocycles. The average molecular weight is 418 g/mol. The Labute approximate surface area is 172 Å². The summed E-state index contributed by atoms with van der Waals surface area (Å²) in [5.74, 6) is -0.849. The first-order chi connectivity index (χ1) is 13.5. The van der Waals surface area contributed by atoms with Crippen molar-refractivity contribution in [2.24, 2.45) is 5.92 Å². The van der Waals surface area contributed by atoms with Gasteiger partial charge in [-0.1, -0.05) is 32.0 Å². The molecule has 0 heterocycles. The van der Waals surface area contributed by atoms with Crippen molar-refractivity contribution in [3.05, 3.63) is 53.6 Å². The number of anilines is 2. The minimum atomic E-state index is -3.85. The molecule has 3 N–H and O–H groups in total. The van der Waals surface area contributed by atoms with E-state index in [2.05, 4.69) is 15.4 Å². The van der Waals surface area contributed by atoms with Gasteiger partial charge in [0.15, 0.2) is 0 Å². The smallest absolute Gasteiger partial charge is 0.262 e. The molecule has 0 bridgehead atoms. The first-order valence-electron chi connectivity index (χ1n) is 9.27. The number of hydrogen-bond donors (Lipinski definition) is 3. The van der Waals surface area contributed by atoms with E-state index in [4.69, 9.17) is 0 Å². The molecular weight excluding hydrogens is 390 g/mol. The second-order valence-corrected chi connectivity index (χ2v) is 9.02. The van der Waals surface area contributed by atoms with E-state index in [-0.39, 0.29) is 16.7 Å². The van der Waals surface area contributed by atoms with Gasteiger partial charge in [0.2, 0.25) is 11.8 Å². The van der Waals surface area contributed by atoms with Crippen molar-refractivity contribution in [2.75, 3.05) is 10.0 Å². The number of aryl methyl sites for hydroxylation is 2. The Morgan fingerprint density at radius 3 is 2.24 bits per heavy atom. The summed E-state index contributed by atoms with van der Waals surface area (Å²) < 4.78 is 28.3. The SMILES string of the molecule is CC(=O)NC(C(=O)Nc1ccc(C)c(S(=O)(=O)Nc2cccc(C)c2)c1)C(C)C. The fourth-order valence-electron chi connectivity index (χ4n) is 2.86. The van der Waals surface area contributed by atoms with Crippen LogP contribution in [-0.2, 0) is 19.6 Å². The Morgan fingerprint density at radius 2 is 1.66 bits per heavy atom. The van der Waals surface area contributed by atoms with E-state index in [0.29, 0.717) is 16.9 Å². The predicted octanol–water partition coefficient (Wildman–Crippen LogP) is 3.20. The van der Waals surface area contributed by atoms with Crippen LogP contribution in [0, 0.1) is 19.8 Å². The van der Waals surface area contributed by atoms with E-state index < -0.39 is 22.0 Å². The van der Waals surface area contributed by atoms with Crippen molar-refractivity contribution in [1.29, 1.82) is 0 Å².